The summed E-state index contributed by atoms with van der Waals surface area (Å²) < 4.78 is 0. The number of benzene rings is 1. The average Bonchev–Trinajstić information content (AvgIpc) is 2.34. The summed E-state index contributed by atoms with van der Waals surface area (Å²) in [7, 11) is 0. The number of hydrogen-bond donors (Lipinski definition) is 3. The van der Waals surface area contributed by atoms with Gasteiger partial charge in [0.1, 0.15) is 0 Å². The van der Waals surface area contributed by atoms with Gasteiger partial charge in [0, 0.05) is 13.1 Å². The fourth-order valence-corrected chi connectivity index (χ4v) is 1.38. The zero-order valence-electron chi connectivity index (χ0n) is 10.6. The predicted molar refractivity (Wildman–Crippen MR) is 67.7 cm³/mol. The van der Waals surface area contributed by atoms with Crippen LogP contribution in [-0.4, -0.2) is 29.6 Å². The molecule has 2 amide bonds. The third kappa shape index (κ3) is 4.55. The number of nitrogens with one attached hydrogen (secondary N) is 2. The number of aliphatic hydroxyl groups is 1. The van der Waals surface area contributed by atoms with E-state index in [0.717, 1.165) is 11.1 Å². The number of carbonyl (C=O) groups is 2. The molecule has 1 aromatic carbocycles. The van der Waals surface area contributed by atoms with Crippen LogP contribution < -0.4 is 10.6 Å². The molecule has 0 aliphatic carbocycles. The van der Waals surface area contributed by atoms with Gasteiger partial charge in [-0.3, -0.25) is 9.59 Å². The maximum atomic E-state index is 11.4. The highest BCUT2D eigenvalue weighted by Gasteiger charge is 2.13. The van der Waals surface area contributed by atoms with Crippen molar-refractivity contribution < 1.29 is 14.7 Å². The van der Waals surface area contributed by atoms with E-state index < -0.39 is 17.9 Å². The number of aliphatic hydroxyl groups excluding tert-OH is 1. The van der Waals surface area contributed by atoms with E-state index in [1.165, 1.54) is 6.92 Å². The van der Waals surface area contributed by atoms with Crippen molar-refractivity contribution in [2.75, 3.05) is 6.54 Å². The molecule has 0 aromatic heterocycles. The summed E-state index contributed by atoms with van der Waals surface area (Å²) in [5.74, 6) is -1.43. The van der Waals surface area contributed by atoms with Crippen LogP contribution in [0.5, 0.6) is 0 Å². The molecule has 18 heavy (non-hydrogen) atoms. The zero-order chi connectivity index (χ0) is 13.5. The molecule has 1 rings (SSSR count). The van der Waals surface area contributed by atoms with Gasteiger partial charge in [-0.2, -0.15) is 0 Å². The Balaban J connectivity index is 2.42. The molecule has 0 radical (unpaired) electrons. The summed E-state index contributed by atoms with van der Waals surface area (Å²) in [4.78, 5) is 22.8. The molecule has 3 N–H and O–H groups in total. The van der Waals surface area contributed by atoms with Crippen LogP contribution in [0.1, 0.15) is 18.1 Å². The van der Waals surface area contributed by atoms with Gasteiger partial charge in [-0.15, -0.1) is 0 Å². The monoisotopic (exact) mass is 250 g/mol. The van der Waals surface area contributed by atoms with Crippen molar-refractivity contribution in [3.63, 3.8) is 0 Å². The topological polar surface area (TPSA) is 78.4 Å². The number of amides is 2. The highest BCUT2D eigenvalue weighted by atomic mass is 16.3. The lowest BCUT2D eigenvalue weighted by atomic mass is 10.1. The van der Waals surface area contributed by atoms with Gasteiger partial charge in [0.2, 0.25) is 0 Å². The van der Waals surface area contributed by atoms with E-state index in [0.29, 0.717) is 6.54 Å². The number of rotatable bonds is 4. The first-order chi connectivity index (χ1) is 8.50. The van der Waals surface area contributed by atoms with Crippen LogP contribution in [0.4, 0.5) is 0 Å². The molecule has 0 fully saturated rings. The SMILES string of the molecule is Cc1ccccc1CNC(=O)C(=O)NC[C@@H](C)O. The maximum absolute atomic E-state index is 11.4. The Morgan fingerprint density at radius 3 is 2.44 bits per heavy atom. The molecular formula is C13H18N2O3. The Labute approximate surface area is 106 Å². The minimum Gasteiger partial charge on any atom is -0.392 e. The van der Waals surface area contributed by atoms with Gasteiger partial charge in [-0.05, 0) is 25.0 Å². The molecule has 5 nitrogen and oxygen atoms in total. The second-order valence-electron chi connectivity index (χ2n) is 4.17. The van der Waals surface area contributed by atoms with Crippen LogP contribution in [0.25, 0.3) is 0 Å². The van der Waals surface area contributed by atoms with E-state index in [2.05, 4.69) is 10.6 Å². The Kier molecular flexibility index (Phi) is 5.32. The normalized spacial score (nSPS) is 11.7. The summed E-state index contributed by atoms with van der Waals surface area (Å²) in [6, 6.07) is 7.62. The molecule has 1 atom stereocenters. The molecule has 0 bridgehead atoms. The first kappa shape index (κ1) is 14.2. The largest absolute Gasteiger partial charge is 0.392 e. The van der Waals surface area contributed by atoms with Gasteiger partial charge >= 0.3 is 11.8 Å². The van der Waals surface area contributed by atoms with E-state index in [-0.39, 0.29) is 6.54 Å². The molecular weight excluding hydrogens is 232 g/mol. The Morgan fingerprint density at radius 2 is 1.83 bits per heavy atom. The third-order valence-electron chi connectivity index (χ3n) is 2.46. The average molecular weight is 250 g/mol. The fourth-order valence-electron chi connectivity index (χ4n) is 1.38. The summed E-state index contributed by atoms with van der Waals surface area (Å²) in [5.41, 5.74) is 2.02. The molecule has 0 saturated heterocycles. The highest BCUT2D eigenvalue weighted by Crippen LogP contribution is 2.05. The molecule has 0 heterocycles. The van der Waals surface area contributed by atoms with Crippen LogP contribution in [0.2, 0.25) is 0 Å². The van der Waals surface area contributed by atoms with Gasteiger partial charge in [-0.1, -0.05) is 24.3 Å². The minimum atomic E-state index is -0.732. The smallest absolute Gasteiger partial charge is 0.309 e. The van der Waals surface area contributed by atoms with Gasteiger partial charge < -0.3 is 15.7 Å². The summed E-state index contributed by atoms with van der Waals surface area (Å²) in [6.07, 6.45) is -0.668. The summed E-state index contributed by atoms with van der Waals surface area (Å²) >= 11 is 0. The van der Waals surface area contributed by atoms with Crippen molar-refractivity contribution in [1.82, 2.24) is 10.6 Å². The standard InChI is InChI=1S/C13H18N2O3/c1-9-5-3-4-6-11(9)8-15-13(18)12(17)14-7-10(2)16/h3-6,10,16H,7-8H2,1-2H3,(H,14,17)(H,15,18)/t10-/m1/s1. The number of hydrogen-bond acceptors (Lipinski definition) is 3. The van der Waals surface area contributed by atoms with Crippen molar-refractivity contribution in [3.05, 3.63) is 35.4 Å². The van der Waals surface area contributed by atoms with Crippen LogP contribution in [0.15, 0.2) is 24.3 Å². The van der Waals surface area contributed by atoms with Crippen molar-refractivity contribution in [1.29, 1.82) is 0 Å². The van der Waals surface area contributed by atoms with Crippen molar-refractivity contribution in [2.24, 2.45) is 0 Å². The lowest BCUT2D eigenvalue weighted by molar-refractivity contribution is -0.139. The molecule has 0 spiro atoms. The first-order valence-electron chi connectivity index (χ1n) is 5.79. The second-order valence-corrected chi connectivity index (χ2v) is 4.17. The van der Waals surface area contributed by atoms with E-state index in [9.17, 15) is 9.59 Å². The maximum Gasteiger partial charge on any atom is 0.309 e. The van der Waals surface area contributed by atoms with Crippen LogP contribution in [-0.2, 0) is 16.1 Å². The molecule has 98 valence electrons. The zero-order valence-corrected chi connectivity index (χ0v) is 10.6. The Morgan fingerprint density at radius 1 is 1.22 bits per heavy atom. The van der Waals surface area contributed by atoms with E-state index in [1.54, 1.807) is 0 Å². The first-order valence-corrected chi connectivity index (χ1v) is 5.79. The highest BCUT2D eigenvalue weighted by molar-refractivity contribution is 6.35. The van der Waals surface area contributed by atoms with Gasteiger partial charge in [0.05, 0.1) is 6.10 Å². The fraction of sp³-hybridized carbons (Fsp3) is 0.385. The van der Waals surface area contributed by atoms with Gasteiger partial charge in [0.15, 0.2) is 0 Å². The van der Waals surface area contributed by atoms with Crippen LogP contribution in [0, 0.1) is 6.92 Å². The van der Waals surface area contributed by atoms with Gasteiger partial charge in [-0.25, -0.2) is 0 Å². The van der Waals surface area contributed by atoms with Gasteiger partial charge in [0.25, 0.3) is 0 Å². The van der Waals surface area contributed by atoms with Crippen molar-refractivity contribution in [2.45, 2.75) is 26.5 Å². The van der Waals surface area contributed by atoms with E-state index in [4.69, 9.17) is 5.11 Å². The summed E-state index contributed by atoms with van der Waals surface area (Å²) in [6.45, 7) is 3.85. The quantitative estimate of drug-likeness (QED) is 0.664. The molecule has 0 aliphatic rings. The number of aryl methyl sites for hydroxylation is 1. The van der Waals surface area contributed by atoms with E-state index >= 15 is 0 Å². The molecule has 1 aromatic rings. The lowest BCUT2D eigenvalue weighted by Gasteiger charge is -2.09. The van der Waals surface area contributed by atoms with Crippen molar-refractivity contribution >= 4 is 11.8 Å². The van der Waals surface area contributed by atoms with Crippen LogP contribution >= 0.6 is 0 Å². The van der Waals surface area contributed by atoms with Crippen molar-refractivity contribution in [3.8, 4) is 0 Å². The second kappa shape index (κ2) is 6.76. The molecule has 5 heteroatoms. The molecule has 0 unspecified atom stereocenters. The van der Waals surface area contributed by atoms with Crippen LogP contribution in [0.3, 0.4) is 0 Å². The third-order valence-corrected chi connectivity index (χ3v) is 2.46. The minimum absolute atomic E-state index is 0.0661. The lowest BCUT2D eigenvalue weighted by Crippen LogP contribution is -2.42. The van der Waals surface area contributed by atoms with E-state index in [1.807, 2.05) is 31.2 Å². The Bertz CT molecular complexity index is 430. The summed E-state index contributed by atoms with van der Waals surface area (Å²) in [5, 5.41) is 13.8. The molecule has 0 saturated carbocycles. The molecule has 0 aliphatic heterocycles. The predicted octanol–water partition coefficient (Wildman–Crippen LogP) is 0.108. The number of carbonyl (C=O) groups excluding carboxylic acids is 2. The Hall–Kier alpha value is -1.88.